The molecule has 0 spiro atoms. The van der Waals surface area contributed by atoms with Crippen molar-refractivity contribution in [2.75, 3.05) is 20.7 Å². The molecule has 4 unspecified atom stereocenters. The number of aromatic nitrogens is 1. The number of nitrogens with zero attached hydrogens (tertiary/aromatic N) is 3. The maximum atomic E-state index is 15.0. The molecule has 2 bridgehead atoms. The minimum absolute atomic E-state index is 0.0895. The molecular weight excluding hydrogens is 741 g/mol. The number of halogens is 1. The molecule has 3 aliphatic carbocycles. The van der Waals surface area contributed by atoms with Gasteiger partial charge < -0.3 is 0 Å². The summed E-state index contributed by atoms with van der Waals surface area (Å²) in [6.07, 6.45) is 10.3. The summed E-state index contributed by atoms with van der Waals surface area (Å²) in [6.45, 7) is 1.50. The van der Waals surface area contributed by atoms with Gasteiger partial charge in [-0.1, -0.05) is 0 Å². The van der Waals surface area contributed by atoms with Gasteiger partial charge in [-0.2, -0.15) is 13.1 Å². The van der Waals surface area contributed by atoms with Crippen LogP contribution in [0.15, 0.2) is 36.4 Å². The molecule has 2 N–H and O–H groups in total. The van der Waals surface area contributed by atoms with E-state index in [2.05, 4.69) is 41.2 Å². The molecule has 256 valence electrons. The Balaban J connectivity index is 1.21. The molecule has 5 fully saturated rings. The standard InChI is InChI=1S/C36H43IN5O5S/c1-40-19-24-11-15-31(37-40)42(24)35(44)36-18-29(36)28-17-25(47-2)12-14-26(28)33-32(21-6-4-3-5-7-21)27-13-8-22(16-30(27)41(33)20-36)34(43)39-48(45,46)38-23-9-10-23/h8,12-14,16-17,21,23-24,29,31,38H,3-7,9-11,15,18-20H2,1-2H3,(H,39,43)/q-1. The number of hydrogen-bond acceptors (Lipinski definition) is 6. The first kappa shape index (κ1) is 31.3. The molecule has 2 saturated heterocycles. The first-order valence-electron chi connectivity index (χ1n) is 17.5. The van der Waals surface area contributed by atoms with Gasteiger partial charge in [0.2, 0.25) is 0 Å². The second-order valence-electron chi connectivity index (χ2n) is 14.9. The summed E-state index contributed by atoms with van der Waals surface area (Å²) in [7, 11) is -0.0558. The Bertz CT molecular complexity index is 1940. The van der Waals surface area contributed by atoms with Crippen molar-refractivity contribution in [3.63, 3.8) is 0 Å². The zero-order valence-corrected chi connectivity index (χ0v) is 30.5. The van der Waals surface area contributed by atoms with Crippen LogP contribution in [0, 0.1) is 5.41 Å². The van der Waals surface area contributed by atoms with E-state index in [1.165, 1.54) is 30.4 Å². The van der Waals surface area contributed by atoms with Crippen LogP contribution < -0.4 is 35.7 Å². The Hall–Kier alpha value is -2.68. The van der Waals surface area contributed by atoms with E-state index in [1.807, 2.05) is 18.2 Å². The van der Waals surface area contributed by atoms with Gasteiger partial charge in [-0.15, -0.1) is 0 Å². The van der Waals surface area contributed by atoms with E-state index in [-0.39, 0.29) is 39.5 Å². The van der Waals surface area contributed by atoms with Crippen molar-refractivity contribution in [2.24, 2.45) is 5.41 Å². The van der Waals surface area contributed by atoms with Gasteiger partial charge in [0, 0.05) is 6.04 Å². The third-order valence-corrected chi connectivity index (χ3v) is 16.1. The molecule has 4 atom stereocenters. The summed E-state index contributed by atoms with van der Waals surface area (Å²) in [5.74, 6) is 0.908. The monoisotopic (exact) mass is 784 g/mol. The second-order valence-corrected chi connectivity index (χ2v) is 20.0. The van der Waals surface area contributed by atoms with Crippen LogP contribution in [0.2, 0.25) is 0 Å². The van der Waals surface area contributed by atoms with E-state index < -0.39 is 21.5 Å². The average molecular weight is 785 g/mol. The van der Waals surface area contributed by atoms with E-state index >= 15 is 4.79 Å². The van der Waals surface area contributed by atoms with Crippen LogP contribution in [-0.2, 0) is 21.5 Å². The van der Waals surface area contributed by atoms with Crippen molar-refractivity contribution in [3.05, 3.63) is 53.1 Å². The molecule has 1 aromatic heterocycles. The molecule has 3 aliphatic heterocycles. The van der Waals surface area contributed by atoms with Crippen molar-refractivity contribution < 1.29 is 44.2 Å². The normalized spacial score (nSPS) is 28.5. The van der Waals surface area contributed by atoms with E-state index in [0.29, 0.717) is 28.0 Å². The third-order valence-electron chi connectivity index (χ3n) is 11.7. The zero-order valence-electron chi connectivity index (χ0n) is 27.5. The van der Waals surface area contributed by atoms with Crippen LogP contribution in [0.5, 0.6) is 5.75 Å². The third kappa shape index (κ3) is 5.10. The molecular formula is C36H43IN5O5S-. The molecule has 4 heterocycles. The predicted octanol–water partition coefficient (Wildman–Crippen LogP) is 1.85. The number of methoxy groups -OCH3 is 1. The molecule has 3 aromatic rings. The molecule has 3 saturated carbocycles. The minimum atomic E-state index is -3.96. The number of fused-ring (bicyclic) bond motifs is 9. The van der Waals surface area contributed by atoms with Gasteiger partial charge in [0.15, 0.2) is 0 Å². The Morgan fingerprint density at radius 3 is 2.56 bits per heavy atom. The Morgan fingerprint density at radius 1 is 1.00 bits per heavy atom. The fraction of sp³-hybridized carbons (Fsp3) is 0.556. The topological polar surface area (TPSA) is 113 Å². The fourth-order valence-corrected chi connectivity index (χ4v) is 13.7. The summed E-state index contributed by atoms with van der Waals surface area (Å²) in [4.78, 5) is 30.8. The molecule has 0 radical (unpaired) electrons. The number of likely N-dealkylation sites (N-methyl/N-ethyl adjacent to an activating group) is 1. The number of hydrogen-bond donors (Lipinski definition) is 2. The second kappa shape index (κ2) is 11.4. The Labute approximate surface area is 292 Å². The maximum absolute atomic E-state index is 15.0. The van der Waals surface area contributed by atoms with E-state index in [9.17, 15) is 13.2 Å². The Kier molecular flexibility index (Phi) is 7.45. The summed E-state index contributed by atoms with van der Waals surface area (Å²) in [5, 5.41) is 1.10. The quantitative estimate of drug-likeness (QED) is 0.164. The van der Waals surface area contributed by atoms with Crippen molar-refractivity contribution >= 4 is 32.9 Å². The molecule has 2 aromatic carbocycles. The van der Waals surface area contributed by atoms with Crippen molar-refractivity contribution in [1.82, 2.24) is 22.0 Å². The van der Waals surface area contributed by atoms with Crippen molar-refractivity contribution in [2.45, 2.75) is 98.7 Å². The number of carbonyl (C=O) groups excluding carboxylic acids is 2. The first-order chi connectivity index (χ1) is 23.2. The van der Waals surface area contributed by atoms with Crippen LogP contribution in [0.3, 0.4) is 0 Å². The zero-order chi connectivity index (χ0) is 32.9. The molecule has 2 amide bonds. The van der Waals surface area contributed by atoms with Gasteiger partial charge in [0.1, 0.15) is 0 Å². The average Bonchev–Trinajstić information content (AvgIpc) is 3.98. The number of nitrogens with one attached hydrogen (secondary N) is 2. The number of ether oxygens (including phenoxy) is 1. The molecule has 6 aliphatic rings. The number of amides is 2. The van der Waals surface area contributed by atoms with Crippen molar-refractivity contribution in [3.8, 4) is 17.0 Å². The van der Waals surface area contributed by atoms with E-state index in [4.69, 9.17) is 4.74 Å². The van der Waals surface area contributed by atoms with Crippen LogP contribution >= 0.6 is 0 Å². The summed E-state index contributed by atoms with van der Waals surface area (Å²) in [6, 6.07) is 12.2. The van der Waals surface area contributed by atoms with Crippen LogP contribution in [-0.4, -0.2) is 69.6 Å². The van der Waals surface area contributed by atoms with Gasteiger partial charge in [0.05, 0.1) is 0 Å². The fourth-order valence-electron chi connectivity index (χ4n) is 9.24. The number of alkyl halides is 1. The Morgan fingerprint density at radius 2 is 1.81 bits per heavy atom. The summed E-state index contributed by atoms with van der Waals surface area (Å²) in [5.41, 5.74) is 5.43. The molecule has 9 rings (SSSR count). The van der Waals surface area contributed by atoms with Gasteiger partial charge in [0.25, 0.3) is 0 Å². The number of benzene rings is 2. The van der Waals surface area contributed by atoms with Crippen LogP contribution in [0.4, 0.5) is 0 Å². The van der Waals surface area contributed by atoms with Crippen LogP contribution in [0.25, 0.3) is 22.2 Å². The van der Waals surface area contributed by atoms with Crippen molar-refractivity contribution in [1.29, 1.82) is 0 Å². The van der Waals surface area contributed by atoms with Gasteiger partial charge >= 0.3 is 262 Å². The van der Waals surface area contributed by atoms with E-state index in [1.54, 1.807) is 13.2 Å². The molecule has 48 heavy (non-hydrogen) atoms. The van der Waals surface area contributed by atoms with Gasteiger partial charge in [-0.3, -0.25) is 0 Å². The molecule has 12 heteroatoms. The van der Waals surface area contributed by atoms with Gasteiger partial charge in [-0.05, 0) is 12.8 Å². The predicted molar refractivity (Wildman–Crippen MR) is 178 cm³/mol. The van der Waals surface area contributed by atoms with Crippen LogP contribution in [0.1, 0.15) is 97.5 Å². The SMILES string of the molecule is COc1ccc2c(c1)C1CC1(C(=O)N1C3CCC1[I-]N(C)C3)Cn1c-2c(C2CCCCC2)c2ccc(C(=O)NS(=O)(=O)NC3CC3)cc21. The van der Waals surface area contributed by atoms with Gasteiger partial charge in [-0.25, -0.2) is 0 Å². The molecule has 10 nitrogen and oxygen atoms in total. The first-order valence-corrected chi connectivity index (χ1v) is 21.2. The summed E-state index contributed by atoms with van der Waals surface area (Å²) >= 11 is -0.242. The van der Waals surface area contributed by atoms with E-state index in [0.717, 1.165) is 79.4 Å². The summed E-state index contributed by atoms with van der Waals surface area (Å²) < 4.78 is 41.1. The number of rotatable bonds is 7. The number of carbonyl (C=O) groups is 2.